The summed E-state index contributed by atoms with van der Waals surface area (Å²) in [5.41, 5.74) is -0.843. The molecule has 0 aromatic carbocycles. The van der Waals surface area contributed by atoms with Crippen LogP contribution in [0.5, 0.6) is 0 Å². The van der Waals surface area contributed by atoms with Gasteiger partial charge in [-0.2, -0.15) is 0 Å². The lowest BCUT2D eigenvalue weighted by molar-refractivity contribution is -0.150. The van der Waals surface area contributed by atoms with Gasteiger partial charge in [0.2, 0.25) is 5.91 Å². The van der Waals surface area contributed by atoms with Gasteiger partial charge >= 0.3 is 12.0 Å². The second kappa shape index (κ2) is 6.31. The van der Waals surface area contributed by atoms with Crippen molar-refractivity contribution in [2.24, 2.45) is 11.8 Å². The molecule has 2 N–H and O–H groups in total. The number of carboxylic acid groups (broad SMARTS) is 1. The number of imide groups is 1. The van der Waals surface area contributed by atoms with Gasteiger partial charge in [-0.3, -0.25) is 14.4 Å². The van der Waals surface area contributed by atoms with Crippen LogP contribution < -0.4 is 5.32 Å². The van der Waals surface area contributed by atoms with Crippen LogP contribution in [0.3, 0.4) is 0 Å². The summed E-state index contributed by atoms with van der Waals surface area (Å²) in [6.07, 6.45) is 3.51. The van der Waals surface area contributed by atoms with Crippen LogP contribution in [-0.4, -0.2) is 63.4 Å². The van der Waals surface area contributed by atoms with Crippen molar-refractivity contribution >= 4 is 23.8 Å². The average Bonchev–Trinajstić information content (AvgIpc) is 3.11. The first kappa shape index (κ1) is 17.7. The van der Waals surface area contributed by atoms with E-state index in [0.717, 1.165) is 17.7 Å². The highest BCUT2D eigenvalue weighted by molar-refractivity contribution is 6.10. The molecule has 2 saturated heterocycles. The second-order valence-corrected chi connectivity index (χ2v) is 7.69. The Morgan fingerprint density at radius 1 is 1.24 bits per heavy atom. The quantitative estimate of drug-likeness (QED) is 0.732. The van der Waals surface area contributed by atoms with E-state index in [-0.39, 0.29) is 24.3 Å². The van der Waals surface area contributed by atoms with Crippen molar-refractivity contribution < 1.29 is 24.3 Å². The van der Waals surface area contributed by atoms with Gasteiger partial charge in [-0.25, -0.2) is 9.69 Å². The maximum atomic E-state index is 12.9. The number of aliphatic carboxylic acids is 1. The third kappa shape index (κ3) is 2.98. The zero-order valence-electron chi connectivity index (χ0n) is 14.7. The third-order valence-electron chi connectivity index (χ3n) is 5.72. The second-order valence-electron chi connectivity index (χ2n) is 7.69. The fourth-order valence-electron chi connectivity index (χ4n) is 4.40. The average molecular weight is 351 g/mol. The molecule has 2 aliphatic heterocycles. The summed E-state index contributed by atoms with van der Waals surface area (Å²) in [6, 6.07) is -1.44. The Bertz CT molecular complexity index is 613. The van der Waals surface area contributed by atoms with Crippen molar-refractivity contribution in [1.29, 1.82) is 0 Å². The van der Waals surface area contributed by atoms with Crippen LogP contribution in [0.25, 0.3) is 0 Å². The summed E-state index contributed by atoms with van der Waals surface area (Å²) in [4.78, 5) is 51.8. The van der Waals surface area contributed by atoms with E-state index in [2.05, 4.69) is 5.32 Å². The highest BCUT2D eigenvalue weighted by Crippen LogP contribution is 2.36. The van der Waals surface area contributed by atoms with Crippen molar-refractivity contribution in [1.82, 2.24) is 15.1 Å². The topological polar surface area (TPSA) is 107 Å². The molecule has 3 fully saturated rings. The van der Waals surface area contributed by atoms with Gasteiger partial charge in [0.15, 0.2) is 0 Å². The van der Waals surface area contributed by atoms with Crippen molar-refractivity contribution in [2.75, 3.05) is 13.1 Å². The van der Waals surface area contributed by atoms with E-state index in [1.54, 1.807) is 6.92 Å². The molecule has 8 heteroatoms. The molecule has 0 bridgehead atoms. The van der Waals surface area contributed by atoms with Crippen LogP contribution in [0.1, 0.15) is 46.0 Å². The minimum absolute atomic E-state index is 0.0651. The molecule has 2 heterocycles. The number of urea groups is 1. The van der Waals surface area contributed by atoms with E-state index < -0.39 is 29.5 Å². The predicted molar refractivity (Wildman–Crippen MR) is 87.5 cm³/mol. The number of rotatable bonds is 3. The Labute approximate surface area is 146 Å². The zero-order chi connectivity index (χ0) is 18.4. The molecule has 138 valence electrons. The summed E-state index contributed by atoms with van der Waals surface area (Å²) < 4.78 is 0. The Morgan fingerprint density at radius 2 is 1.88 bits per heavy atom. The molecule has 4 amide bonds. The lowest BCUT2D eigenvalue weighted by atomic mass is 9.90. The largest absolute Gasteiger partial charge is 0.481 e. The van der Waals surface area contributed by atoms with Crippen LogP contribution >= 0.6 is 0 Å². The molecule has 0 radical (unpaired) electrons. The SMILES string of the molecule is CC1CC(C(=O)O)CN(C(=O)C(C)N2C(=O)NC3(CCCC3)C2=O)C1. The smallest absolute Gasteiger partial charge is 0.325 e. The molecule has 3 rings (SSSR count). The number of amides is 4. The van der Waals surface area contributed by atoms with Crippen LogP contribution in [0, 0.1) is 11.8 Å². The minimum atomic E-state index is -0.924. The molecule has 3 unspecified atom stereocenters. The van der Waals surface area contributed by atoms with Crippen molar-refractivity contribution in [3.63, 3.8) is 0 Å². The molecule has 3 atom stereocenters. The van der Waals surface area contributed by atoms with Gasteiger partial charge in [0, 0.05) is 13.1 Å². The summed E-state index contributed by atoms with van der Waals surface area (Å²) >= 11 is 0. The van der Waals surface area contributed by atoms with Crippen molar-refractivity contribution in [3.05, 3.63) is 0 Å². The molecular weight excluding hydrogens is 326 g/mol. The highest BCUT2D eigenvalue weighted by Gasteiger charge is 2.55. The third-order valence-corrected chi connectivity index (χ3v) is 5.72. The molecule has 8 nitrogen and oxygen atoms in total. The van der Waals surface area contributed by atoms with Crippen LogP contribution in [0.2, 0.25) is 0 Å². The standard InChI is InChI=1S/C17H25N3O5/c1-10-7-12(14(22)23)9-19(8-10)13(21)11(2)20-15(24)17(18-16(20)25)5-3-4-6-17/h10-12H,3-9H2,1-2H3,(H,18,25)(H,22,23). The highest BCUT2D eigenvalue weighted by atomic mass is 16.4. The molecule has 0 aromatic rings. The predicted octanol–water partition coefficient (Wildman–Crippen LogP) is 0.809. The van der Waals surface area contributed by atoms with Crippen molar-refractivity contribution in [3.8, 4) is 0 Å². The fraction of sp³-hybridized carbons (Fsp3) is 0.765. The van der Waals surface area contributed by atoms with Crippen LogP contribution in [0.15, 0.2) is 0 Å². The first-order valence-electron chi connectivity index (χ1n) is 8.92. The molecule has 1 spiro atoms. The number of piperidine rings is 1. The van der Waals surface area contributed by atoms with Gasteiger partial charge in [0.05, 0.1) is 5.92 Å². The Kier molecular flexibility index (Phi) is 4.47. The lowest BCUT2D eigenvalue weighted by Gasteiger charge is -2.37. The number of nitrogens with one attached hydrogen (secondary N) is 1. The Hall–Kier alpha value is -2.12. The van der Waals surface area contributed by atoms with E-state index in [9.17, 15) is 24.3 Å². The molecule has 1 saturated carbocycles. The first-order valence-corrected chi connectivity index (χ1v) is 8.92. The number of hydrogen-bond acceptors (Lipinski definition) is 4. The van der Waals surface area contributed by atoms with E-state index in [4.69, 9.17) is 0 Å². The summed E-state index contributed by atoms with van der Waals surface area (Å²) in [5.74, 6) is -2.15. The summed E-state index contributed by atoms with van der Waals surface area (Å²) in [5, 5.41) is 12.0. The number of carbonyl (C=O) groups is 4. The summed E-state index contributed by atoms with van der Waals surface area (Å²) in [6.45, 7) is 4.02. The molecule has 1 aliphatic carbocycles. The Morgan fingerprint density at radius 3 is 2.48 bits per heavy atom. The van der Waals surface area contributed by atoms with E-state index in [1.807, 2.05) is 6.92 Å². The molecule has 3 aliphatic rings. The summed E-state index contributed by atoms with van der Waals surface area (Å²) in [7, 11) is 0. The van der Waals surface area contributed by atoms with Gasteiger partial charge < -0.3 is 15.3 Å². The minimum Gasteiger partial charge on any atom is -0.481 e. The number of likely N-dealkylation sites (tertiary alicyclic amines) is 1. The van der Waals surface area contributed by atoms with Crippen LogP contribution in [-0.2, 0) is 14.4 Å². The van der Waals surface area contributed by atoms with Gasteiger partial charge in [-0.15, -0.1) is 0 Å². The van der Waals surface area contributed by atoms with Gasteiger partial charge in [-0.05, 0) is 32.1 Å². The first-order chi connectivity index (χ1) is 11.7. The van der Waals surface area contributed by atoms with Gasteiger partial charge in [-0.1, -0.05) is 19.8 Å². The van der Waals surface area contributed by atoms with Crippen molar-refractivity contribution in [2.45, 2.75) is 57.5 Å². The monoisotopic (exact) mass is 351 g/mol. The van der Waals surface area contributed by atoms with Gasteiger partial charge in [0.25, 0.3) is 5.91 Å². The zero-order valence-corrected chi connectivity index (χ0v) is 14.7. The van der Waals surface area contributed by atoms with Crippen LogP contribution in [0.4, 0.5) is 4.79 Å². The molecule has 0 aromatic heterocycles. The van der Waals surface area contributed by atoms with E-state index >= 15 is 0 Å². The number of carbonyl (C=O) groups excluding carboxylic acids is 3. The Balaban J connectivity index is 1.75. The maximum absolute atomic E-state index is 12.9. The number of nitrogens with zero attached hydrogens (tertiary/aromatic N) is 2. The molecular formula is C17H25N3O5. The van der Waals surface area contributed by atoms with E-state index in [1.165, 1.54) is 4.90 Å². The number of carboxylic acids is 1. The maximum Gasteiger partial charge on any atom is 0.325 e. The normalized spacial score (nSPS) is 29.8. The fourth-order valence-corrected chi connectivity index (χ4v) is 4.40. The number of hydrogen-bond donors (Lipinski definition) is 2. The van der Waals surface area contributed by atoms with Gasteiger partial charge in [0.1, 0.15) is 11.6 Å². The molecule has 25 heavy (non-hydrogen) atoms. The lowest BCUT2D eigenvalue weighted by Crippen LogP contribution is -2.54. The van der Waals surface area contributed by atoms with E-state index in [0.29, 0.717) is 25.8 Å².